The maximum atomic E-state index is 13.6. The summed E-state index contributed by atoms with van der Waals surface area (Å²) in [6.07, 6.45) is -2.24. The molecule has 3 aromatic rings. The number of aromatic nitrogens is 2. The van der Waals surface area contributed by atoms with E-state index in [0.29, 0.717) is 22.0 Å². The van der Waals surface area contributed by atoms with Crippen molar-refractivity contribution in [3.63, 3.8) is 0 Å². The molecule has 1 amide bonds. The maximum Gasteiger partial charge on any atom is 0.395 e. The fourth-order valence-electron chi connectivity index (χ4n) is 6.32. The van der Waals surface area contributed by atoms with Gasteiger partial charge in [-0.25, -0.2) is 14.2 Å². The Balaban J connectivity index is 1.33. The lowest BCUT2D eigenvalue weighted by molar-refractivity contribution is -0.220. The van der Waals surface area contributed by atoms with Gasteiger partial charge in [-0.3, -0.25) is 14.5 Å². The molecule has 3 heterocycles. The van der Waals surface area contributed by atoms with Crippen LogP contribution in [0.1, 0.15) is 31.7 Å². The number of hydrogen-bond acceptors (Lipinski definition) is 6. The molecule has 3 atom stereocenters. The van der Waals surface area contributed by atoms with E-state index in [1.54, 1.807) is 48.2 Å². The normalized spacial score (nSPS) is 21.6. The van der Waals surface area contributed by atoms with E-state index in [-0.39, 0.29) is 52.0 Å². The Kier molecular flexibility index (Phi) is 8.72. The molecule has 2 aliphatic rings. The van der Waals surface area contributed by atoms with Gasteiger partial charge < -0.3 is 19.7 Å². The zero-order chi connectivity index (χ0) is 31.8. The van der Waals surface area contributed by atoms with E-state index in [0.717, 1.165) is 4.57 Å². The molecule has 2 N–H and O–H groups in total. The molecular weight excluding hydrogens is 581 g/mol. The number of halogens is 3. The molecule has 0 saturated carbocycles. The molecule has 0 bridgehead atoms. The Morgan fingerprint density at radius 1 is 1.09 bits per heavy atom. The Bertz CT molecular complexity index is 1680. The molecular formula is C31H35F3N4O6. The molecule has 1 aromatic heterocycles. The van der Waals surface area contributed by atoms with Crippen LogP contribution >= 0.6 is 0 Å². The van der Waals surface area contributed by atoms with Crippen LogP contribution in [0.3, 0.4) is 0 Å². The van der Waals surface area contributed by atoms with Gasteiger partial charge in [0, 0.05) is 49.2 Å². The molecule has 0 spiro atoms. The molecule has 13 heteroatoms. The second-order valence-electron chi connectivity index (χ2n) is 11.9. The molecule has 2 aliphatic heterocycles. The number of amides is 1. The number of piperidine rings is 1. The van der Waals surface area contributed by atoms with E-state index in [1.807, 2.05) is 0 Å². The Hall–Kier alpha value is -3.97. The SMILES string of the molecule is Cn1ccc(=O)n(-c2cccc3c(C[C@H](NC(=O)C4(C)CCN([C@H]5CCOC[C@H]5C(F)(F)F)CC4)C(=O)O)cccc23)c1=O. The lowest BCUT2D eigenvalue weighted by atomic mass is 9.78. The van der Waals surface area contributed by atoms with Crippen LogP contribution in [0, 0.1) is 11.3 Å². The summed E-state index contributed by atoms with van der Waals surface area (Å²) in [7, 11) is 1.53. The van der Waals surface area contributed by atoms with Crippen molar-refractivity contribution in [1.29, 1.82) is 0 Å². The van der Waals surface area contributed by atoms with Crippen LogP contribution in [-0.2, 0) is 27.8 Å². The number of carboxylic acids is 1. The number of benzene rings is 2. The number of rotatable bonds is 7. The van der Waals surface area contributed by atoms with Gasteiger partial charge >= 0.3 is 17.8 Å². The number of nitrogens with zero attached hydrogens (tertiary/aromatic N) is 3. The first-order valence-electron chi connectivity index (χ1n) is 14.5. The van der Waals surface area contributed by atoms with Crippen LogP contribution in [0.25, 0.3) is 16.5 Å². The van der Waals surface area contributed by atoms with Crippen LogP contribution in [0.4, 0.5) is 13.2 Å². The number of carbonyl (C=O) groups excluding carboxylic acids is 1. The highest BCUT2D eigenvalue weighted by atomic mass is 19.4. The van der Waals surface area contributed by atoms with E-state index in [2.05, 4.69) is 5.32 Å². The molecule has 44 heavy (non-hydrogen) atoms. The summed E-state index contributed by atoms with van der Waals surface area (Å²) in [5.41, 5.74) is -1.05. The van der Waals surface area contributed by atoms with Crippen LogP contribution in [0.5, 0.6) is 0 Å². The predicted octanol–water partition coefficient (Wildman–Crippen LogP) is 2.87. The average molecular weight is 617 g/mol. The van der Waals surface area contributed by atoms with Gasteiger partial charge in [0.2, 0.25) is 5.91 Å². The van der Waals surface area contributed by atoms with Crippen molar-refractivity contribution >= 4 is 22.6 Å². The number of hydrogen-bond donors (Lipinski definition) is 2. The minimum Gasteiger partial charge on any atom is -0.480 e. The zero-order valence-corrected chi connectivity index (χ0v) is 24.5. The van der Waals surface area contributed by atoms with Gasteiger partial charge in [-0.2, -0.15) is 13.2 Å². The molecule has 2 saturated heterocycles. The largest absolute Gasteiger partial charge is 0.480 e. The molecule has 0 unspecified atom stereocenters. The van der Waals surface area contributed by atoms with Crippen LogP contribution < -0.4 is 16.6 Å². The third kappa shape index (κ3) is 6.16. The van der Waals surface area contributed by atoms with Crippen molar-refractivity contribution in [2.45, 2.75) is 50.9 Å². The lowest BCUT2D eigenvalue weighted by Crippen LogP contribution is -2.57. The first-order chi connectivity index (χ1) is 20.8. The summed E-state index contributed by atoms with van der Waals surface area (Å²) in [5.74, 6) is -3.30. The number of carboxylic acid groups (broad SMARTS) is 1. The van der Waals surface area contributed by atoms with E-state index < -0.39 is 52.7 Å². The number of ether oxygens (including phenoxy) is 1. The third-order valence-corrected chi connectivity index (χ3v) is 9.07. The van der Waals surface area contributed by atoms with Crippen molar-refractivity contribution < 1.29 is 32.6 Å². The highest BCUT2D eigenvalue weighted by Gasteiger charge is 2.50. The number of fused-ring (bicyclic) bond motifs is 1. The minimum absolute atomic E-state index is 0.0683. The van der Waals surface area contributed by atoms with Crippen molar-refractivity contribution in [2.75, 3.05) is 26.3 Å². The van der Waals surface area contributed by atoms with Gasteiger partial charge in [0.15, 0.2) is 0 Å². The molecule has 0 radical (unpaired) electrons. The van der Waals surface area contributed by atoms with Crippen molar-refractivity contribution in [1.82, 2.24) is 19.4 Å². The lowest BCUT2D eigenvalue weighted by Gasteiger charge is -2.46. The fraction of sp³-hybridized carbons (Fsp3) is 0.484. The second-order valence-corrected chi connectivity index (χ2v) is 11.9. The van der Waals surface area contributed by atoms with Gasteiger partial charge in [0.25, 0.3) is 5.56 Å². The topological polar surface area (TPSA) is 123 Å². The molecule has 5 rings (SSSR count). The van der Waals surface area contributed by atoms with E-state index in [1.165, 1.54) is 23.9 Å². The number of aliphatic carboxylic acids is 1. The van der Waals surface area contributed by atoms with Crippen LogP contribution in [-0.4, -0.2) is 75.6 Å². The number of carbonyl (C=O) groups is 2. The van der Waals surface area contributed by atoms with Crippen molar-refractivity contribution in [2.24, 2.45) is 18.4 Å². The monoisotopic (exact) mass is 616 g/mol. The molecule has 236 valence electrons. The molecule has 10 nitrogen and oxygen atoms in total. The predicted molar refractivity (Wildman–Crippen MR) is 156 cm³/mol. The Morgan fingerprint density at radius 3 is 2.45 bits per heavy atom. The molecule has 2 aromatic carbocycles. The number of alkyl halides is 3. The standard InChI is InChI=1S/C31H35F3N4O6/c1-30(11-14-37(15-12-30)25-10-16-44-18-22(25)31(32,33)34)28(42)35-23(27(40)41)17-19-5-3-7-21-20(19)6-4-8-24(21)38-26(39)9-13-36(2)29(38)43/h3-9,13,22-23,25H,10-12,14-18H2,1-2H3,(H,35,42)(H,40,41)/t22-,23+,25+/m1/s1. The first kappa shape index (κ1) is 31.5. The summed E-state index contributed by atoms with van der Waals surface area (Å²) in [6.45, 7) is 2.15. The summed E-state index contributed by atoms with van der Waals surface area (Å²) >= 11 is 0. The van der Waals surface area contributed by atoms with E-state index in [9.17, 15) is 37.5 Å². The molecule has 0 aliphatic carbocycles. The van der Waals surface area contributed by atoms with Gasteiger partial charge in [-0.15, -0.1) is 0 Å². The minimum atomic E-state index is -4.38. The first-order valence-corrected chi connectivity index (χ1v) is 14.5. The third-order valence-electron chi connectivity index (χ3n) is 9.07. The number of aryl methyl sites for hydroxylation is 1. The maximum absolute atomic E-state index is 13.6. The summed E-state index contributed by atoms with van der Waals surface area (Å²) in [5, 5.41) is 13.9. The quantitative estimate of drug-likeness (QED) is 0.419. The number of likely N-dealkylation sites (tertiary alicyclic amines) is 1. The Morgan fingerprint density at radius 2 is 1.77 bits per heavy atom. The highest BCUT2D eigenvalue weighted by Crippen LogP contribution is 2.39. The van der Waals surface area contributed by atoms with Gasteiger partial charge in [0.05, 0.1) is 18.2 Å². The van der Waals surface area contributed by atoms with E-state index >= 15 is 0 Å². The van der Waals surface area contributed by atoms with Gasteiger partial charge in [-0.05, 0) is 49.4 Å². The van der Waals surface area contributed by atoms with Gasteiger partial charge in [-0.1, -0.05) is 37.3 Å². The highest BCUT2D eigenvalue weighted by molar-refractivity contribution is 5.93. The second kappa shape index (κ2) is 12.2. The average Bonchev–Trinajstić information content (AvgIpc) is 2.99. The van der Waals surface area contributed by atoms with Crippen molar-refractivity contribution in [3.05, 3.63) is 75.1 Å². The van der Waals surface area contributed by atoms with Crippen LogP contribution in [0.15, 0.2) is 58.3 Å². The summed E-state index contributed by atoms with van der Waals surface area (Å²) in [6, 6.07) is 9.50. The summed E-state index contributed by atoms with van der Waals surface area (Å²) in [4.78, 5) is 53.0. The van der Waals surface area contributed by atoms with Crippen LogP contribution in [0.2, 0.25) is 0 Å². The summed E-state index contributed by atoms with van der Waals surface area (Å²) < 4.78 is 48.3. The van der Waals surface area contributed by atoms with E-state index in [4.69, 9.17) is 4.74 Å². The number of nitrogens with one attached hydrogen (secondary N) is 1. The smallest absolute Gasteiger partial charge is 0.395 e. The fourth-order valence-corrected chi connectivity index (χ4v) is 6.32. The zero-order valence-electron chi connectivity index (χ0n) is 24.5. The van der Waals surface area contributed by atoms with Crippen molar-refractivity contribution in [3.8, 4) is 5.69 Å². The van der Waals surface area contributed by atoms with Gasteiger partial charge in [0.1, 0.15) is 6.04 Å². The molecule has 2 fully saturated rings. The Labute approximate surface area is 251 Å².